The Hall–Kier alpha value is -1.91. The van der Waals surface area contributed by atoms with Crippen LogP contribution in [-0.4, -0.2) is 104 Å². The van der Waals surface area contributed by atoms with E-state index in [0.29, 0.717) is 39.4 Å². The van der Waals surface area contributed by atoms with Crippen molar-refractivity contribution in [3.63, 3.8) is 0 Å². The molecule has 0 amide bonds. The molecule has 8 nitrogen and oxygen atoms in total. The maximum atomic E-state index is 7.23. The molecule has 0 saturated heterocycles. The standard InChI is InChI=1S/C54H89B2NO7/c1-19-51(14,60-18)36-63-47(6,7)25-22-27-61-44-31-38(52(15,55)20-2)30-41-45(44)39-24-23-37(54(56,21-3)34-57)29-40(39)53(41)32-42(49(10,11)62-28-26-46(4,5)58-16)43(33-53)50(12,13)64-35-48(8,9)59-17/h23-24,29-31,42-43H,19-22,25-28,32-36,57H2,1-18H3. The molecule has 1 fully saturated rings. The molecule has 2 aliphatic carbocycles. The van der Waals surface area contributed by atoms with E-state index in [1.807, 2.05) is 0 Å². The van der Waals surface area contributed by atoms with E-state index in [2.05, 4.69) is 134 Å². The van der Waals surface area contributed by atoms with Crippen molar-refractivity contribution in [3.05, 3.63) is 52.6 Å². The molecule has 4 rings (SSSR count). The molecular formula is C54H89B2NO7. The van der Waals surface area contributed by atoms with Crippen LogP contribution in [0.5, 0.6) is 5.75 Å². The van der Waals surface area contributed by atoms with E-state index in [1.165, 1.54) is 16.7 Å². The van der Waals surface area contributed by atoms with E-state index in [0.717, 1.165) is 67.4 Å². The van der Waals surface area contributed by atoms with E-state index in [4.69, 9.17) is 54.6 Å². The van der Waals surface area contributed by atoms with Gasteiger partial charge in [0, 0.05) is 32.3 Å². The van der Waals surface area contributed by atoms with Gasteiger partial charge in [0.2, 0.25) is 0 Å². The van der Waals surface area contributed by atoms with E-state index >= 15 is 0 Å². The van der Waals surface area contributed by atoms with E-state index < -0.39 is 32.8 Å². The van der Waals surface area contributed by atoms with Gasteiger partial charge in [-0.05, 0) is 178 Å². The first-order valence-corrected chi connectivity index (χ1v) is 24.3. The van der Waals surface area contributed by atoms with Crippen molar-refractivity contribution in [1.82, 2.24) is 0 Å². The van der Waals surface area contributed by atoms with Gasteiger partial charge in [0.25, 0.3) is 0 Å². The highest BCUT2D eigenvalue weighted by Crippen LogP contribution is 2.66. The lowest BCUT2D eigenvalue weighted by Gasteiger charge is -2.43. The number of ether oxygens (including phenoxy) is 7. The quantitative estimate of drug-likeness (QED) is 0.0738. The summed E-state index contributed by atoms with van der Waals surface area (Å²) in [5.41, 5.74) is 10.5. The zero-order valence-electron chi connectivity index (χ0n) is 43.8. The number of nitrogens with two attached hydrogens (primary N) is 1. The lowest BCUT2D eigenvalue weighted by Crippen LogP contribution is -2.47. The van der Waals surface area contributed by atoms with Crippen molar-refractivity contribution < 1.29 is 33.2 Å². The second-order valence-corrected chi connectivity index (χ2v) is 22.9. The largest absolute Gasteiger partial charge is 0.493 e. The fraction of sp³-hybridized carbons (Fsp3) is 0.778. The van der Waals surface area contributed by atoms with Gasteiger partial charge in [-0.3, -0.25) is 0 Å². The SMILES string of the molecule is [B]C(C)(CC)c1cc(OCCCC(C)(C)OCC(C)(CC)OC)c2c(c1)C1(CC(C(C)(C)OCCC(C)(C)OC)C(C(C)(C)OCC(C)(C)OC)C1)c1cc(C([B])(CC)CN)ccc1-2. The van der Waals surface area contributed by atoms with E-state index in [1.54, 1.807) is 21.3 Å². The van der Waals surface area contributed by atoms with Crippen LogP contribution in [0.3, 0.4) is 0 Å². The molecule has 6 atom stereocenters. The maximum absolute atomic E-state index is 7.23. The van der Waals surface area contributed by atoms with Gasteiger partial charge in [0.15, 0.2) is 0 Å². The third-order valence-electron chi connectivity index (χ3n) is 16.1. The van der Waals surface area contributed by atoms with Gasteiger partial charge in [-0.2, -0.15) is 0 Å². The first-order chi connectivity index (χ1) is 29.5. The number of hydrogen-bond acceptors (Lipinski definition) is 8. The number of hydrogen-bond donors (Lipinski definition) is 1. The Balaban J connectivity index is 1.94. The molecule has 1 spiro atoms. The van der Waals surface area contributed by atoms with Gasteiger partial charge < -0.3 is 38.9 Å². The number of methoxy groups -OCH3 is 3. The maximum Gasteiger partial charge on any atom is 0.127 e. The van der Waals surface area contributed by atoms with Gasteiger partial charge in [-0.15, -0.1) is 0 Å². The number of fused-ring (bicyclic) bond motifs is 5. The van der Waals surface area contributed by atoms with Crippen molar-refractivity contribution in [2.24, 2.45) is 17.6 Å². The Morgan fingerprint density at radius 2 is 1.22 bits per heavy atom. The second kappa shape index (κ2) is 20.4. The highest BCUT2D eigenvalue weighted by atomic mass is 16.6. The van der Waals surface area contributed by atoms with Crippen molar-refractivity contribution in [3.8, 4) is 16.9 Å². The van der Waals surface area contributed by atoms with E-state index in [-0.39, 0.29) is 28.6 Å². The summed E-state index contributed by atoms with van der Waals surface area (Å²) in [5.74, 6) is 1.03. The highest BCUT2D eigenvalue weighted by Gasteiger charge is 2.60. The normalized spacial score (nSPS) is 22.2. The Morgan fingerprint density at radius 1 is 0.625 bits per heavy atom. The number of rotatable bonds is 26. The van der Waals surface area contributed by atoms with Crippen molar-refractivity contribution in [2.75, 3.05) is 54.3 Å². The van der Waals surface area contributed by atoms with Gasteiger partial charge in [0.05, 0.1) is 75.7 Å². The second-order valence-electron chi connectivity index (χ2n) is 22.9. The van der Waals surface area contributed by atoms with Crippen LogP contribution < -0.4 is 10.5 Å². The molecule has 10 heteroatoms. The summed E-state index contributed by atoms with van der Waals surface area (Å²) in [4.78, 5) is 0. The predicted molar refractivity (Wildman–Crippen MR) is 266 cm³/mol. The van der Waals surface area contributed by atoms with Crippen LogP contribution in [0, 0.1) is 11.8 Å². The molecule has 0 heterocycles. The first-order valence-electron chi connectivity index (χ1n) is 24.3. The molecule has 0 aliphatic heterocycles. The Morgan fingerprint density at radius 3 is 1.75 bits per heavy atom. The summed E-state index contributed by atoms with van der Waals surface area (Å²) >= 11 is 0. The van der Waals surface area contributed by atoms with Gasteiger partial charge in [0.1, 0.15) is 5.75 Å². The molecular weight excluding hydrogens is 796 g/mol. The molecule has 0 bridgehead atoms. The summed E-state index contributed by atoms with van der Waals surface area (Å²) in [7, 11) is 19.7. The molecule has 2 aromatic carbocycles. The third kappa shape index (κ3) is 12.0. The highest BCUT2D eigenvalue weighted by molar-refractivity contribution is 6.16. The molecule has 1 saturated carbocycles. The minimum Gasteiger partial charge on any atom is -0.493 e. The van der Waals surface area contributed by atoms with Crippen LogP contribution in [0.4, 0.5) is 0 Å². The summed E-state index contributed by atoms with van der Waals surface area (Å²) in [6.45, 7) is 34.8. The average Bonchev–Trinajstić information content (AvgIpc) is 3.81. The lowest BCUT2D eigenvalue weighted by atomic mass is 9.61. The lowest BCUT2D eigenvalue weighted by molar-refractivity contribution is -0.157. The molecule has 2 N–H and O–H groups in total. The summed E-state index contributed by atoms with van der Waals surface area (Å²) in [5, 5.41) is -1.27. The Labute approximate surface area is 393 Å². The molecule has 358 valence electrons. The monoisotopic (exact) mass is 886 g/mol. The van der Waals surface area contributed by atoms with Crippen molar-refractivity contribution >= 4 is 15.7 Å². The first kappa shape index (κ1) is 54.7. The van der Waals surface area contributed by atoms with Gasteiger partial charge in [-0.25, -0.2) is 0 Å². The van der Waals surface area contributed by atoms with Gasteiger partial charge in [-0.1, -0.05) is 64.8 Å². The van der Waals surface area contributed by atoms with Crippen LogP contribution >= 0.6 is 0 Å². The van der Waals surface area contributed by atoms with Crippen molar-refractivity contribution in [1.29, 1.82) is 0 Å². The minimum atomic E-state index is -0.678. The number of benzene rings is 2. The van der Waals surface area contributed by atoms with Crippen LogP contribution in [0.15, 0.2) is 30.3 Å². The van der Waals surface area contributed by atoms with Crippen LogP contribution in [-0.2, 0) is 44.5 Å². The van der Waals surface area contributed by atoms with Crippen LogP contribution in [0.1, 0.15) is 177 Å². The third-order valence-corrected chi connectivity index (χ3v) is 16.1. The summed E-state index contributed by atoms with van der Waals surface area (Å²) in [6, 6.07) is 11.4. The van der Waals surface area contributed by atoms with Gasteiger partial charge >= 0.3 is 0 Å². The summed E-state index contributed by atoms with van der Waals surface area (Å²) < 4.78 is 45.0. The van der Waals surface area contributed by atoms with Crippen LogP contribution in [0.2, 0.25) is 0 Å². The zero-order chi connectivity index (χ0) is 48.4. The molecule has 2 aromatic rings. The summed E-state index contributed by atoms with van der Waals surface area (Å²) in [6.07, 6.45) is 6.42. The molecule has 0 aromatic heterocycles. The average molecular weight is 886 g/mol. The van der Waals surface area contributed by atoms with E-state index in [9.17, 15) is 0 Å². The molecule has 6 unspecified atom stereocenters. The Kier molecular flexibility index (Phi) is 17.4. The van der Waals surface area contributed by atoms with Crippen molar-refractivity contribution in [2.45, 2.75) is 205 Å². The van der Waals surface area contributed by atoms with Crippen LogP contribution in [0.25, 0.3) is 11.1 Å². The predicted octanol–water partition coefficient (Wildman–Crippen LogP) is 11.1. The molecule has 64 heavy (non-hydrogen) atoms. The zero-order valence-corrected chi connectivity index (χ0v) is 43.8. The fourth-order valence-corrected chi connectivity index (χ4v) is 9.72. The fourth-order valence-electron chi connectivity index (χ4n) is 9.72. The molecule has 2 aliphatic rings. The molecule has 4 radical (unpaired) electrons. The smallest absolute Gasteiger partial charge is 0.127 e. The Bertz CT molecular complexity index is 1850. The minimum absolute atomic E-state index is 0.0785. The topological polar surface area (TPSA) is 90.6 Å².